The smallest absolute Gasteiger partial charge is 0.331 e. The first-order chi connectivity index (χ1) is 18.0. The number of carbonyl (C=O) groups is 2. The number of aldehydes is 1. The van der Waals surface area contributed by atoms with E-state index in [1.807, 2.05) is 0 Å². The SMILES string of the molecule is C[C@@H]1O[C@@H](O[C@@H]2CC[C@]3(C=O)[C@H](CC[C@@H]4[C@@H]3CC[C@]3(C)[C@@H](C5=CC(=O)OC5)CC[C@]43O)C2)[C@H](O)[C@H](O)[C@H]1O. The van der Waals surface area contributed by atoms with Crippen LogP contribution in [0.1, 0.15) is 71.6 Å². The van der Waals surface area contributed by atoms with Crippen LogP contribution in [-0.2, 0) is 23.8 Å². The fourth-order valence-corrected chi connectivity index (χ4v) is 9.73. The van der Waals surface area contributed by atoms with Crippen LogP contribution >= 0.6 is 0 Å². The number of cyclic esters (lactones) is 1. The Morgan fingerprint density at radius 1 is 1.00 bits per heavy atom. The molecular weight excluding hydrogens is 492 g/mol. The zero-order valence-corrected chi connectivity index (χ0v) is 22.3. The molecule has 0 aromatic carbocycles. The zero-order chi connectivity index (χ0) is 27.0. The third kappa shape index (κ3) is 3.72. The molecule has 0 radical (unpaired) electrons. The molecule has 0 aromatic rings. The van der Waals surface area contributed by atoms with E-state index in [9.17, 15) is 30.0 Å². The van der Waals surface area contributed by atoms with Gasteiger partial charge in [-0.1, -0.05) is 6.92 Å². The lowest BCUT2D eigenvalue weighted by molar-refractivity contribution is -0.309. The monoisotopic (exact) mass is 534 g/mol. The van der Waals surface area contributed by atoms with Crippen LogP contribution in [0.2, 0.25) is 0 Å². The quantitative estimate of drug-likeness (QED) is 0.240. The van der Waals surface area contributed by atoms with Crippen molar-refractivity contribution >= 4 is 12.3 Å². The lowest BCUT2D eigenvalue weighted by Gasteiger charge is -2.63. The molecule has 1 saturated heterocycles. The van der Waals surface area contributed by atoms with E-state index in [2.05, 4.69) is 6.92 Å². The molecule has 4 aliphatic carbocycles. The van der Waals surface area contributed by atoms with Crippen molar-refractivity contribution in [3.05, 3.63) is 11.6 Å². The van der Waals surface area contributed by atoms with E-state index in [-0.39, 0.29) is 41.2 Å². The Hall–Kier alpha value is -1.36. The first-order valence-electron chi connectivity index (χ1n) is 14.4. The van der Waals surface area contributed by atoms with Gasteiger partial charge < -0.3 is 39.4 Å². The molecule has 0 unspecified atom stereocenters. The van der Waals surface area contributed by atoms with Crippen molar-refractivity contribution in [1.29, 1.82) is 0 Å². The van der Waals surface area contributed by atoms with Crippen molar-refractivity contribution in [2.75, 3.05) is 6.61 Å². The Morgan fingerprint density at radius 2 is 1.79 bits per heavy atom. The van der Waals surface area contributed by atoms with Gasteiger partial charge in [-0.25, -0.2) is 4.79 Å². The lowest BCUT2D eigenvalue weighted by atomic mass is 9.43. The number of carbonyl (C=O) groups excluding carboxylic acids is 2. The summed E-state index contributed by atoms with van der Waals surface area (Å²) in [6.07, 6.45) is 3.80. The molecule has 0 aromatic heterocycles. The second kappa shape index (κ2) is 9.35. The Morgan fingerprint density at radius 3 is 2.50 bits per heavy atom. The summed E-state index contributed by atoms with van der Waals surface area (Å²) in [5, 5.41) is 42.9. The Labute approximate surface area is 223 Å². The van der Waals surface area contributed by atoms with Gasteiger partial charge >= 0.3 is 5.97 Å². The van der Waals surface area contributed by atoms with Crippen LogP contribution in [0.25, 0.3) is 0 Å². The number of hydrogen-bond donors (Lipinski definition) is 4. The number of esters is 1. The second-order valence-electron chi connectivity index (χ2n) is 13.2. The van der Waals surface area contributed by atoms with E-state index in [4.69, 9.17) is 14.2 Å². The van der Waals surface area contributed by atoms with Crippen LogP contribution in [0.15, 0.2) is 11.6 Å². The van der Waals surface area contributed by atoms with Crippen molar-refractivity contribution in [2.45, 2.75) is 114 Å². The average Bonchev–Trinajstić information content (AvgIpc) is 3.45. The van der Waals surface area contributed by atoms with Crippen LogP contribution in [-0.4, -0.2) is 81.7 Å². The molecule has 4 saturated carbocycles. The lowest BCUT2D eigenvalue weighted by Crippen LogP contribution is -2.63. The molecule has 0 bridgehead atoms. The molecule has 2 aliphatic heterocycles. The van der Waals surface area contributed by atoms with Gasteiger partial charge in [-0.15, -0.1) is 0 Å². The normalized spacial score (nSPS) is 54.4. The molecular formula is C29H42O9. The average molecular weight is 535 g/mol. The van der Waals surface area contributed by atoms with E-state index in [0.717, 1.165) is 37.7 Å². The number of ether oxygens (including phenoxy) is 3. The standard InChI is InChI=1S/C29H42O9/c1-15-23(32)24(33)25(34)26(37-15)38-18-5-9-28(14-30)17(12-18)3-4-21-20(28)6-8-27(2)19(7-10-29(21,27)35)16-11-22(31)36-13-16/h11,14-15,17-21,23-26,32-35H,3-10,12-13H2,1-2H3/t15-,17+,18+,19+,20-,21+,23-,24+,25+,26-,27+,28-,29-/m0/s1. The van der Waals surface area contributed by atoms with Gasteiger partial charge in [0.1, 0.15) is 31.2 Å². The molecule has 9 heteroatoms. The fraction of sp³-hybridized carbons (Fsp3) is 0.862. The summed E-state index contributed by atoms with van der Waals surface area (Å²) in [6.45, 7) is 4.13. The van der Waals surface area contributed by atoms with Gasteiger partial charge in [0.05, 0.1) is 17.8 Å². The first kappa shape index (κ1) is 26.8. The van der Waals surface area contributed by atoms with Crippen molar-refractivity contribution < 1.29 is 44.2 Å². The molecule has 2 heterocycles. The maximum absolute atomic E-state index is 12.9. The van der Waals surface area contributed by atoms with E-state index in [1.54, 1.807) is 13.0 Å². The molecule has 5 fully saturated rings. The summed E-state index contributed by atoms with van der Waals surface area (Å²) >= 11 is 0. The highest BCUT2D eigenvalue weighted by atomic mass is 16.7. The van der Waals surface area contributed by atoms with Gasteiger partial charge in [0.2, 0.25) is 0 Å². The predicted octanol–water partition coefficient (Wildman–Crippen LogP) is 1.64. The summed E-state index contributed by atoms with van der Waals surface area (Å²) in [7, 11) is 0. The summed E-state index contributed by atoms with van der Waals surface area (Å²) in [4.78, 5) is 24.7. The van der Waals surface area contributed by atoms with E-state index >= 15 is 0 Å². The zero-order valence-electron chi connectivity index (χ0n) is 22.3. The van der Waals surface area contributed by atoms with Crippen molar-refractivity contribution in [3.8, 4) is 0 Å². The molecule has 212 valence electrons. The first-order valence-corrected chi connectivity index (χ1v) is 14.4. The summed E-state index contributed by atoms with van der Waals surface area (Å²) in [6, 6.07) is 0. The van der Waals surface area contributed by atoms with Crippen molar-refractivity contribution in [3.63, 3.8) is 0 Å². The Kier molecular flexibility index (Phi) is 6.60. The summed E-state index contributed by atoms with van der Waals surface area (Å²) in [5.74, 6) is 0.0678. The second-order valence-corrected chi connectivity index (χ2v) is 13.2. The fourth-order valence-electron chi connectivity index (χ4n) is 9.73. The van der Waals surface area contributed by atoms with Gasteiger partial charge in [0.25, 0.3) is 0 Å². The molecule has 13 atom stereocenters. The van der Waals surface area contributed by atoms with Gasteiger partial charge in [0.15, 0.2) is 6.29 Å². The van der Waals surface area contributed by atoms with Crippen LogP contribution in [0.5, 0.6) is 0 Å². The number of fused-ring (bicyclic) bond motifs is 5. The molecule has 6 aliphatic rings. The molecule has 0 amide bonds. The molecule has 6 rings (SSSR count). The number of hydrogen-bond acceptors (Lipinski definition) is 9. The number of rotatable bonds is 4. The predicted molar refractivity (Wildman–Crippen MR) is 133 cm³/mol. The highest BCUT2D eigenvalue weighted by Crippen LogP contribution is 2.69. The minimum absolute atomic E-state index is 0.0322. The van der Waals surface area contributed by atoms with Crippen LogP contribution in [0, 0.1) is 34.5 Å². The molecule has 4 N–H and O–H groups in total. The van der Waals surface area contributed by atoms with Crippen LogP contribution in [0.4, 0.5) is 0 Å². The van der Waals surface area contributed by atoms with Crippen molar-refractivity contribution in [1.82, 2.24) is 0 Å². The maximum atomic E-state index is 12.9. The third-order valence-corrected chi connectivity index (χ3v) is 11.9. The Balaban J connectivity index is 1.19. The van der Waals surface area contributed by atoms with E-state index in [1.165, 1.54) is 6.29 Å². The minimum Gasteiger partial charge on any atom is -0.458 e. The summed E-state index contributed by atoms with van der Waals surface area (Å²) in [5.41, 5.74) is -0.739. The van der Waals surface area contributed by atoms with Crippen LogP contribution in [0.3, 0.4) is 0 Å². The van der Waals surface area contributed by atoms with Crippen molar-refractivity contribution in [2.24, 2.45) is 34.5 Å². The topological polar surface area (TPSA) is 143 Å². The van der Waals surface area contributed by atoms with Gasteiger partial charge in [0, 0.05) is 16.9 Å². The highest BCUT2D eigenvalue weighted by Gasteiger charge is 2.68. The molecule has 0 spiro atoms. The largest absolute Gasteiger partial charge is 0.458 e. The van der Waals surface area contributed by atoms with Gasteiger partial charge in [-0.05, 0) is 94.0 Å². The summed E-state index contributed by atoms with van der Waals surface area (Å²) < 4.78 is 17.0. The maximum Gasteiger partial charge on any atom is 0.331 e. The van der Waals surface area contributed by atoms with Gasteiger partial charge in [-0.3, -0.25) is 0 Å². The van der Waals surface area contributed by atoms with E-state index in [0.29, 0.717) is 32.3 Å². The third-order valence-electron chi connectivity index (χ3n) is 11.9. The van der Waals surface area contributed by atoms with Crippen LogP contribution < -0.4 is 0 Å². The highest BCUT2D eigenvalue weighted by molar-refractivity contribution is 5.85. The Bertz CT molecular complexity index is 999. The number of aliphatic hydroxyl groups excluding tert-OH is 3. The number of aliphatic hydroxyl groups is 4. The van der Waals surface area contributed by atoms with Gasteiger partial charge in [-0.2, -0.15) is 0 Å². The van der Waals surface area contributed by atoms with E-state index < -0.39 is 41.7 Å². The molecule has 9 nitrogen and oxygen atoms in total. The minimum atomic E-state index is -1.34. The molecule has 38 heavy (non-hydrogen) atoms.